The zero-order valence-electron chi connectivity index (χ0n) is 11.5. The Morgan fingerprint density at radius 1 is 1.52 bits per heavy atom. The Labute approximate surface area is 122 Å². The Balaban J connectivity index is 2.18. The molecule has 1 atom stereocenters. The lowest BCUT2D eigenvalue weighted by atomic mass is 10.2. The van der Waals surface area contributed by atoms with Gasteiger partial charge in [0.25, 0.3) is 0 Å². The standard InChI is InChI=1S/C12H17N3O5S/c1-20-12-5-4-10(7-11(12)15(16)17)21(18,19)14-8-9-3-2-6-13-9/h4-5,7,9,13-14H,2-3,6,8H2,1H3. The largest absolute Gasteiger partial charge is 0.490 e. The molecule has 0 amide bonds. The number of nitrogens with one attached hydrogen (secondary N) is 2. The lowest BCUT2D eigenvalue weighted by Crippen LogP contribution is -2.37. The molecule has 9 heteroatoms. The summed E-state index contributed by atoms with van der Waals surface area (Å²) in [6.45, 7) is 1.14. The van der Waals surface area contributed by atoms with Crippen molar-refractivity contribution in [1.82, 2.24) is 10.0 Å². The molecule has 1 heterocycles. The molecule has 0 spiro atoms. The second-order valence-corrected chi connectivity index (χ2v) is 6.50. The van der Waals surface area contributed by atoms with E-state index in [1.807, 2.05) is 0 Å². The van der Waals surface area contributed by atoms with Crippen molar-refractivity contribution >= 4 is 15.7 Å². The maximum absolute atomic E-state index is 12.2. The molecule has 21 heavy (non-hydrogen) atoms. The van der Waals surface area contributed by atoms with Crippen molar-refractivity contribution in [2.45, 2.75) is 23.8 Å². The van der Waals surface area contributed by atoms with Crippen molar-refractivity contribution < 1.29 is 18.1 Å². The van der Waals surface area contributed by atoms with Crippen LogP contribution < -0.4 is 14.8 Å². The van der Waals surface area contributed by atoms with Crippen LogP contribution in [0.5, 0.6) is 5.75 Å². The van der Waals surface area contributed by atoms with Crippen molar-refractivity contribution in [1.29, 1.82) is 0 Å². The molecule has 1 fully saturated rings. The van der Waals surface area contributed by atoms with E-state index in [1.54, 1.807) is 0 Å². The van der Waals surface area contributed by atoms with Crippen LogP contribution in [0, 0.1) is 10.1 Å². The molecule has 2 N–H and O–H groups in total. The number of nitrogens with zero attached hydrogens (tertiary/aromatic N) is 1. The molecule has 1 unspecified atom stereocenters. The molecule has 0 aliphatic carbocycles. The highest BCUT2D eigenvalue weighted by molar-refractivity contribution is 7.89. The molecule has 8 nitrogen and oxygen atoms in total. The predicted molar refractivity (Wildman–Crippen MR) is 75.9 cm³/mol. The van der Waals surface area contributed by atoms with Crippen molar-refractivity contribution in [2.75, 3.05) is 20.2 Å². The van der Waals surface area contributed by atoms with Crippen LogP contribution in [0.2, 0.25) is 0 Å². The van der Waals surface area contributed by atoms with Gasteiger partial charge in [0.2, 0.25) is 10.0 Å². The summed E-state index contributed by atoms with van der Waals surface area (Å²) in [5.74, 6) is 0.0245. The number of methoxy groups -OCH3 is 1. The topological polar surface area (TPSA) is 111 Å². The molecule has 1 aliphatic rings. The van der Waals surface area contributed by atoms with Gasteiger partial charge in [0, 0.05) is 18.7 Å². The van der Waals surface area contributed by atoms with E-state index in [1.165, 1.54) is 19.2 Å². The van der Waals surface area contributed by atoms with Crippen LogP contribution in [0.1, 0.15) is 12.8 Å². The van der Waals surface area contributed by atoms with Gasteiger partial charge in [0.1, 0.15) is 0 Å². The van der Waals surface area contributed by atoms with Crippen LogP contribution in [0.15, 0.2) is 23.1 Å². The van der Waals surface area contributed by atoms with Gasteiger partial charge in [-0.15, -0.1) is 0 Å². The number of benzene rings is 1. The Hall–Kier alpha value is -1.71. The van der Waals surface area contributed by atoms with Crippen LogP contribution >= 0.6 is 0 Å². The van der Waals surface area contributed by atoms with Gasteiger partial charge in [-0.2, -0.15) is 0 Å². The summed E-state index contributed by atoms with van der Waals surface area (Å²) in [7, 11) is -2.49. The normalized spacial score (nSPS) is 18.6. The van der Waals surface area contributed by atoms with Gasteiger partial charge in [-0.3, -0.25) is 10.1 Å². The zero-order valence-corrected chi connectivity index (χ0v) is 12.4. The Kier molecular flexibility index (Phi) is 4.76. The highest BCUT2D eigenvalue weighted by Gasteiger charge is 2.23. The lowest BCUT2D eigenvalue weighted by molar-refractivity contribution is -0.386. The summed E-state index contributed by atoms with van der Waals surface area (Å²) in [5.41, 5.74) is -0.376. The van der Waals surface area contributed by atoms with Crippen molar-refractivity contribution in [2.24, 2.45) is 0 Å². The van der Waals surface area contributed by atoms with E-state index in [9.17, 15) is 18.5 Å². The van der Waals surface area contributed by atoms with E-state index in [-0.39, 0.29) is 28.9 Å². The van der Waals surface area contributed by atoms with Gasteiger partial charge >= 0.3 is 5.69 Å². The monoisotopic (exact) mass is 315 g/mol. The quantitative estimate of drug-likeness (QED) is 0.588. The van der Waals surface area contributed by atoms with Crippen molar-refractivity contribution in [3.8, 4) is 5.75 Å². The van der Waals surface area contributed by atoms with Gasteiger partial charge in [0.15, 0.2) is 5.75 Å². The van der Waals surface area contributed by atoms with Crippen LogP contribution in [-0.2, 0) is 10.0 Å². The third-order valence-corrected chi connectivity index (χ3v) is 4.76. The molecule has 116 valence electrons. The Bertz CT molecular complexity index is 626. The van der Waals surface area contributed by atoms with E-state index in [0.29, 0.717) is 0 Å². The van der Waals surface area contributed by atoms with Crippen LogP contribution in [0.25, 0.3) is 0 Å². The average molecular weight is 315 g/mol. The number of nitro groups is 1. The molecule has 1 aromatic carbocycles. The number of sulfonamides is 1. The molecule has 0 radical (unpaired) electrons. The SMILES string of the molecule is COc1ccc(S(=O)(=O)NCC2CCCN2)cc1[N+](=O)[O-]. The minimum absolute atomic E-state index is 0.0245. The average Bonchev–Trinajstić information content (AvgIpc) is 2.97. The molecule has 1 aliphatic heterocycles. The molecule has 0 bridgehead atoms. The summed E-state index contributed by atoms with van der Waals surface area (Å²) in [4.78, 5) is 10.1. The Morgan fingerprint density at radius 3 is 2.86 bits per heavy atom. The van der Waals surface area contributed by atoms with Gasteiger partial charge in [-0.1, -0.05) is 0 Å². The van der Waals surface area contributed by atoms with Gasteiger partial charge in [-0.25, -0.2) is 13.1 Å². The first-order chi connectivity index (χ1) is 9.94. The molecule has 1 saturated heterocycles. The molecule has 0 aromatic heterocycles. The minimum atomic E-state index is -3.78. The third kappa shape index (κ3) is 3.69. The first kappa shape index (κ1) is 15.7. The highest BCUT2D eigenvalue weighted by atomic mass is 32.2. The molecule has 2 rings (SSSR count). The second kappa shape index (κ2) is 6.37. The minimum Gasteiger partial charge on any atom is -0.490 e. The van der Waals surface area contributed by atoms with Crippen LogP contribution in [-0.4, -0.2) is 39.6 Å². The number of hydrogen-bond donors (Lipinski definition) is 2. The summed E-state index contributed by atoms with van der Waals surface area (Å²) < 4.78 is 31.6. The maximum atomic E-state index is 12.2. The lowest BCUT2D eigenvalue weighted by Gasteiger charge is -2.12. The number of rotatable bonds is 6. The number of hydrogen-bond acceptors (Lipinski definition) is 6. The summed E-state index contributed by atoms with van der Waals surface area (Å²) >= 11 is 0. The zero-order chi connectivity index (χ0) is 15.5. The molecular weight excluding hydrogens is 298 g/mol. The second-order valence-electron chi connectivity index (χ2n) is 4.74. The van der Waals surface area contributed by atoms with E-state index < -0.39 is 14.9 Å². The van der Waals surface area contributed by atoms with E-state index >= 15 is 0 Å². The fourth-order valence-electron chi connectivity index (χ4n) is 2.20. The maximum Gasteiger partial charge on any atom is 0.312 e. The fourth-order valence-corrected chi connectivity index (χ4v) is 3.31. The number of nitro benzene ring substituents is 1. The summed E-state index contributed by atoms with van der Waals surface area (Å²) in [6, 6.07) is 3.67. The summed E-state index contributed by atoms with van der Waals surface area (Å²) in [6.07, 6.45) is 1.92. The first-order valence-corrected chi connectivity index (χ1v) is 7.98. The molecule has 1 aromatic rings. The smallest absolute Gasteiger partial charge is 0.312 e. The van der Waals surface area contributed by atoms with Crippen molar-refractivity contribution in [3.05, 3.63) is 28.3 Å². The number of ether oxygens (including phenoxy) is 1. The van der Waals surface area contributed by atoms with Gasteiger partial charge in [-0.05, 0) is 31.5 Å². The first-order valence-electron chi connectivity index (χ1n) is 6.49. The highest BCUT2D eigenvalue weighted by Crippen LogP contribution is 2.29. The molecule has 0 saturated carbocycles. The summed E-state index contributed by atoms with van der Waals surface area (Å²) in [5, 5.41) is 14.1. The fraction of sp³-hybridized carbons (Fsp3) is 0.500. The van der Waals surface area contributed by atoms with E-state index in [0.717, 1.165) is 25.5 Å². The van der Waals surface area contributed by atoms with Crippen LogP contribution in [0.3, 0.4) is 0 Å². The van der Waals surface area contributed by atoms with Crippen LogP contribution in [0.4, 0.5) is 5.69 Å². The van der Waals surface area contributed by atoms with E-state index in [2.05, 4.69) is 10.0 Å². The Morgan fingerprint density at radius 2 is 2.29 bits per heavy atom. The van der Waals surface area contributed by atoms with E-state index in [4.69, 9.17) is 4.74 Å². The predicted octanol–water partition coefficient (Wildman–Crippen LogP) is 0.634. The third-order valence-electron chi connectivity index (χ3n) is 3.34. The van der Waals surface area contributed by atoms with Gasteiger partial charge in [0.05, 0.1) is 16.9 Å². The van der Waals surface area contributed by atoms with Crippen molar-refractivity contribution in [3.63, 3.8) is 0 Å². The van der Waals surface area contributed by atoms with Gasteiger partial charge < -0.3 is 10.1 Å². The molecular formula is C12H17N3O5S.